The number of hydrogen-bond donors (Lipinski definition) is 1. The molecule has 6 heteroatoms. The number of benzene rings is 1. The van der Waals surface area contributed by atoms with Crippen LogP contribution in [0.5, 0.6) is 0 Å². The minimum atomic E-state index is -0.555. The number of esters is 1. The van der Waals surface area contributed by atoms with Crippen LogP contribution in [0.4, 0.5) is 0 Å². The van der Waals surface area contributed by atoms with Crippen LogP contribution < -0.4 is 0 Å². The standard InChI is InChI=1S/C21H21NO4S/c1-14-10-19(15(2)22(14)11-18-4-3-9-27-18)20(24)13-26-21(25)17-7-5-16(12-23)6-8-17/h3-10,23H,11-13H2,1-2H3. The number of carbonyl (C=O) groups is 2. The molecular formula is C21H21NO4S. The first-order valence-electron chi connectivity index (χ1n) is 8.59. The fourth-order valence-corrected chi connectivity index (χ4v) is 3.62. The number of aliphatic hydroxyl groups is 1. The Balaban J connectivity index is 1.66. The molecule has 0 aliphatic rings. The quantitative estimate of drug-likeness (QED) is 0.498. The molecule has 0 aliphatic heterocycles. The summed E-state index contributed by atoms with van der Waals surface area (Å²) in [5.74, 6) is -0.777. The first-order valence-corrected chi connectivity index (χ1v) is 9.46. The molecule has 0 spiro atoms. The largest absolute Gasteiger partial charge is 0.454 e. The van der Waals surface area contributed by atoms with Gasteiger partial charge in [0.2, 0.25) is 5.78 Å². The second-order valence-electron chi connectivity index (χ2n) is 6.30. The number of thiophene rings is 1. The van der Waals surface area contributed by atoms with E-state index < -0.39 is 5.97 Å². The lowest BCUT2D eigenvalue weighted by Crippen LogP contribution is -2.15. The summed E-state index contributed by atoms with van der Waals surface area (Å²) in [5.41, 5.74) is 3.50. The SMILES string of the molecule is Cc1cc(C(=O)COC(=O)c2ccc(CO)cc2)c(C)n1Cc1cccs1. The van der Waals surface area contributed by atoms with Crippen molar-refractivity contribution in [3.8, 4) is 0 Å². The van der Waals surface area contributed by atoms with E-state index in [4.69, 9.17) is 9.84 Å². The van der Waals surface area contributed by atoms with Gasteiger partial charge in [-0.3, -0.25) is 4.79 Å². The van der Waals surface area contributed by atoms with E-state index in [0.29, 0.717) is 16.7 Å². The maximum atomic E-state index is 12.5. The van der Waals surface area contributed by atoms with Gasteiger partial charge in [-0.1, -0.05) is 18.2 Å². The van der Waals surface area contributed by atoms with Crippen molar-refractivity contribution in [2.24, 2.45) is 0 Å². The maximum Gasteiger partial charge on any atom is 0.338 e. The Hall–Kier alpha value is -2.70. The molecule has 2 aromatic heterocycles. The average molecular weight is 383 g/mol. The molecule has 0 radical (unpaired) electrons. The summed E-state index contributed by atoms with van der Waals surface area (Å²) in [7, 11) is 0. The Morgan fingerprint density at radius 1 is 1.15 bits per heavy atom. The molecule has 0 bridgehead atoms. The van der Waals surface area contributed by atoms with E-state index in [1.165, 1.54) is 4.88 Å². The van der Waals surface area contributed by atoms with Gasteiger partial charge in [-0.25, -0.2) is 4.79 Å². The van der Waals surface area contributed by atoms with Gasteiger partial charge < -0.3 is 14.4 Å². The molecule has 3 rings (SSSR count). The summed E-state index contributed by atoms with van der Waals surface area (Å²) >= 11 is 1.68. The van der Waals surface area contributed by atoms with E-state index in [1.54, 1.807) is 35.6 Å². The zero-order valence-corrected chi connectivity index (χ0v) is 16.1. The highest BCUT2D eigenvalue weighted by atomic mass is 32.1. The summed E-state index contributed by atoms with van der Waals surface area (Å²) in [6.07, 6.45) is 0. The van der Waals surface area contributed by atoms with E-state index in [1.807, 2.05) is 31.4 Å². The van der Waals surface area contributed by atoms with Crippen molar-refractivity contribution in [3.63, 3.8) is 0 Å². The highest BCUT2D eigenvalue weighted by Gasteiger charge is 2.18. The number of Topliss-reactive ketones (excluding diaryl/α,β-unsaturated/α-hetero) is 1. The lowest BCUT2D eigenvalue weighted by atomic mass is 10.1. The molecule has 0 aliphatic carbocycles. The van der Waals surface area contributed by atoms with Crippen LogP contribution in [0.15, 0.2) is 47.8 Å². The first kappa shape index (κ1) is 19.1. The Bertz CT molecular complexity index is 939. The molecule has 0 amide bonds. The van der Waals surface area contributed by atoms with Gasteiger partial charge in [-0.05, 0) is 49.1 Å². The zero-order valence-electron chi connectivity index (χ0n) is 15.3. The predicted octanol–water partition coefficient (Wildman–Crippen LogP) is 3.75. The molecule has 27 heavy (non-hydrogen) atoms. The molecule has 140 valence electrons. The second-order valence-corrected chi connectivity index (χ2v) is 7.34. The van der Waals surface area contributed by atoms with E-state index in [9.17, 15) is 9.59 Å². The zero-order chi connectivity index (χ0) is 19.4. The van der Waals surface area contributed by atoms with Gasteiger partial charge in [-0.15, -0.1) is 11.3 Å². The molecule has 0 atom stereocenters. The second kappa shape index (κ2) is 8.33. The number of aryl methyl sites for hydroxylation is 1. The topological polar surface area (TPSA) is 68.5 Å². The lowest BCUT2D eigenvalue weighted by Gasteiger charge is -2.08. The molecule has 0 fully saturated rings. The lowest BCUT2D eigenvalue weighted by molar-refractivity contribution is 0.0474. The highest BCUT2D eigenvalue weighted by Crippen LogP contribution is 2.20. The van der Waals surface area contributed by atoms with Crippen LogP contribution in [0.25, 0.3) is 0 Å². The number of aromatic nitrogens is 1. The van der Waals surface area contributed by atoms with Crippen molar-refractivity contribution in [2.75, 3.05) is 6.61 Å². The van der Waals surface area contributed by atoms with E-state index in [0.717, 1.165) is 17.9 Å². The Kier molecular flexibility index (Phi) is 5.88. The minimum Gasteiger partial charge on any atom is -0.454 e. The summed E-state index contributed by atoms with van der Waals surface area (Å²) in [5, 5.41) is 11.1. The maximum absolute atomic E-state index is 12.5. The van der Waals surface area contributed by atoms with Gasteiger partial charge in [0.25, 0.3) is 0 Å². The number of ketones is 1. The van der Waals surface area contributed by atoms with Crippen molar-refractivity contribution in [3.05, 3.63) is 80.8 Å². The number of rotatable bonds is 7. The van der Waals surface area contributed by atoms with E-state index in [2.05, 4.69) is 10.6 Å². The summed E-state index contributed by atoms with van der Waals surface area (Å²) in [4.78, 5) is 25.9. The number of ether oxygens (including phenoxy) is 1. The molecule has 0 saturated heterocycles. The molecule has 1 N–H and O–H groups in total. The predicted molar refractivity (Wildman–Crippen MR) is 104 cm³/mol. The van der Waals surface area contributed by atoms with Crippen LogP contribution in [0.1, 0.15) is 42.5 Å². The van der Waals surface area contributed by atoms with Crippen LogP contribution in [-0.4, -0.2) is 28.0 Å². The van der Waals surface area contributed by atoms with Gasteiger partial charge in [-0.2, -0.15) is 0 Å². The molecule has 1 aromatic carbocycles. The third-order valence-electron chi connectivity index (χ3n) is 4.47. The Morgan fingerprint density at radius 3 is 2.52 bits per heavy atom. The van der Waals surface area contributed by atoms with E-state index >= 15 is 0 Å². The number of nitrogens with zero attached hydrogens (tertiary/aromatic N) is 1. The van der Waals surface area contributed by atoms with Crippen LogP contribution in [0, 0.1) is 13.8 Å². The molecular weight excluding hydrogens is 362 g/mol. The fourth-order valence-electron chi connectivity index (χ4n) is 2.92. The van der Waals surface area contributed by atoms with Crippen molar-refractivity contribution in [1.82, 2.24) is 4.57 Å². The van der Waals surface area contributed by atoms with Gasteiger partial charge in [0.05, 0.1) is 18.7 Å². The summed E-state index contributed by atoms with van der Waals surface area (Å²) in [6.45, 7) is 4.20. The molecule has 5 nitrogen and oxygen atoms in total. The van der Waals surface area contributed by atoms with E-state index in [-0.39, 0.29) is 19.0 Å². The van der Waals surface area contributed by atoms with Gasteiger partial charge in [0, 0.05) is 21.8 Å². The van der Waals surface area contributed by atoms with Gasteiger partial charge >= 0.3 is 5.97 Å². The first-order chi connectivity index (χ1) is 13.0. The highest BCUT2D eigenvalue weighted by molar-refractivity contribution is 7.09. The monoisotopic (exact) mass is 383 g/mol. The van der Waals surface area contributed by atoms with Crippen molar-refractivity contribution in [2.45, 2.75) is 27.0 Å². The minimum absolute atomic E-state index is 0.0884. The van der Waals surface area contributed by atoms with Crippen molar-refractivity contribution < 1.29 is 19.4 Å². The molecule has 0 unspecified atom stereocenters. The Labute approximate surface area is 161 Å². The smallest absolute Gasteiger partial charge is 0.338 e. The third kappa shape index (κ3) is 4.35. The van der Waals surface area contributed by atoms with Crippen LogP contribution >= 0.6 is 11.3 Å². The molecule has 2 heterocycles. The number of carbonyl (C=O) groups excluding carboxylic acids is 2. The fraction of sp³-hybridized carbons (Fsp3) is 0.238. The van der Waals surface area contributed by atoms with Crippen LogP contribution in [0.3, 0.4) is 0 Å². The average Bonchev–Trinajstić information content (AvgIpc) is 3.29. The van der Waals surface area contributed by atoms with Crippen LogP contribution in [-0.2, 0) is 17.9 Å². The summed E-state index contributed by atoms with van der Waals surface area (Å²) in [6, 6.07) is 12.4. The normalized spacial score (nSPS) is 10.8. The number of aliphatic hydroxyl groups excluding tert-OH is 1. The molecule has 3 aromatic rings. The molecule has 0 saturated carbocycles. The summed E-state index contributed by atoms with van der Waals surface area (Å²) < 4.78 is 7.26. The third-order valence-corrected chi connectivity index (χ3v) is 5.34. The van der Waals surface area contributed by atoms with Gasteiger partial charge in [0.1, 0.15) is 0 Å². The van der Waals surface area contributed by atoms with Crippen LogP contribution in [0.2, 0.25) is 0 Å². The van der Waals surface area contributed by atoms with Gasteiger partial charge in [0.15, 0.2) is 6.61 Å². The Morgan fingerprint density at radius 2 is 1.89 bits per heavy atom. The number of hydrogen-bond acceptors (Lipinski definition) is 5. The van der Waals surface area contributed by atoms with Crippen molar-refractivity contribution >= 4 is 23.1 Å². The van der Waals surface area contributed by atoms with Crippen molar-refractivity contribution in [1.29, 1.82) is 0 Å².